The number of pyridine rings is 1. The average molecular weight is 248 g/mol. The van der Waals surface area contributed by atoms with Gasteiger partial charge in [0.15, 0.2) is 0 Å². The van der Waals surface area contributed by atoms with Gasteiger partial charge in [0.1, 0.15) is 0 Å². The number of halogens is 1. The summed E-state index contributed by atoms with van der Waals surface area (Å²) in [5.74, 6) is 0. The van der Waals surface area contributed by atoms with Gasteiger partial charge in [-0.2, -0.15) is 0 Å². The Morgan fingerprint density at radius 2 is 2.06 bits per heavy atom. The summed E-state index contributed by atoms with van der Waals surface area (Å²) in [6.07, 6.45) is 5.28. The molecule has 1 fully saturated rings. The van der Waals surface area contributed by atoms with Crippen molar-refractivity contribution in [3.63, 3.8) is 0 Å². The van der Waals surface area contributed by atoms with Gasteiger partial charge in [-0.05, 0) is 49.8 Å². The lowest BCUT2D eigenvalue weighted by molar-refractivity contribution is 0.164. The largest absolute Gasteiger partial charge is 0.309 e. The van der Waals surface area contributed by atoms with E-state index in [2.05, 4.69) is 6.92 Å². The molecule has 0 spiro atoms. The van der Waals surface area contributed by atoms with Gasteiger partial charge in [-0.25, -0.2) is 0 Å². The van der Waals surface area contributed by atoms with E-state index in [0.717, 1.165) is 18.2 Å². The maximum Gasteiger partial charge on any atom is 0.258 e. The predicted octanol–water partition coefficient (Wildman–Crippen LogP) is 3.55. The molecule has 88 valence electrons. The maximum absolute atomic E-state index is 12.4. The quantitative estimate of drug-likeness (QED) is 0.755. The first kappa shape index (κ1) is 10.8. The second kappa shape index (κ2) is 3.61. The van der Waals surface area contributed by atoms with Crippen LogP contribution in [-0.4, -0.2) is 4.57 Å². The molecular formula is C14H14ClNO. The SMILES string of the molecule is CC1(n2ccc3ccc(Cl)cc3c2=O)CCC1. The Balaban J connectivity index is 2.28. The summed E-state index contributed by atoms with van der Waals surface area (Å²) in [5.41, 5.74) is 0.0836. The number of nitrogens with zero attached hydrogens (tertiary/aromatic N) is 1. The zero-order valence-electron chi connectivity index (χ0n) is 9.74. The summed E-state index contributed by atoms with van der Waals surface area (Å²) < 4.78 is 1.87. The van der Waals surface area contributed by atoms with Crippen LogP contribution in [0.4, 0.5) is 0 Å². The summed E-state index contributed by atoms with van der Waals surface area (Å²) in [6.45, 7) is 2.15. The Kier molecular flexibility index (Phi) is 2.30. The van der Waals surface area contributed by atoms with Crippen molar-refractivity contribution < 1.29 is 0 Å². The van der Waals surface area contributed by atoms with Crippen LogP contribution in [0.5, 0.6) is 0 Å². The van der Waals surface area contributed by atoms with E-state index in [4.69, 9.17) is 11.6 Å². The van der Waals surface area contributed by atoms with E-state index in [-0.39, 0.29) is 11.1 Å². The normalized spacial score (nSPS) is 18.0. The van der Waals surface area contributed by atoms with Crippen molar-refractivity contribution in [2.45, 2.75) is 31.7 Å². The molecule has 1 heterocycles. The van der Waals surface area contributed by atoms with Crippen molar-refractivity contribution in [3.05, 3.63) is 45.8 Å². The predicted molar refractivity (Wildman–Crippen MR) is 70.7 cm³/mol. The van der Waals surface area contributed by atoms with Gasteiger partial charge in [-0.1, -0.05) is 17.7 Å². The molecule has 2 nitrogen and oxygen atoms in total. The minimum Gasteiger partial charge on any atom is -0.309 e. The molecule has 0 radical (unpaired) electrons. The van der Waals surface area contributed by atoms with Crippen LogP contribution in [0.15, 0.2) is 35.3 Å². The third-order valence-electron chi connectivity index (χ3n) is 3.88. The number of aromatic nitrogens is 1. The van der Waals surface area contributed by atoms with Crippen LogP contribution in [0.3, 0.4) is 0 Å². The monoisotopic (exact) mass is 247 g/mol. The van der Waals surface area contributed by atoms with Crippen LogP contribution < -0.4 is 5.56 Å². The van der Waals surface area contributed by atoms with Crippen molar-refractivity contribution in [1.82, 2.24) is 4.57 Å². The van der Waals surface area contributed by atoms with Crippen LogP contribution in [0, 0.1) is 0 Å². The zero-order valence-corrected chi connectivity index (χ0v) is 10.5. The van der Waals surface area contributed by atoms with Gasteiger partial charge in [0.2, 0.25) is 0 Å². The molecule has 1 aliphatic rings. The number of hydrogen-bond acceptors (Lipinski definition) is 1. The van der Waals surface area contributed by atoms with E-state index in [0.29, 0.717) is 10.4 Å². The molecule has 0 atom stereocenters. The fourth-order valence-corrected chi connectivity index (χ4v) is 2.74. The van der Waals surface area contributed by atoms with Gasteiger partial charge >= 0.3 is 0 Å². The van der Waals surface area contributed by atoms with Gasteiger partial charge in [0.05, 0.1) is 0 Å². The first-order valence-electron chi connectivity index (χ1n) is 5.92. The molecule has 3 heteroatoms. The van der Waals surface area contributed by atoms with Crippen LogP contribution in [-0.2, 0) is 5.54 Å². The molecule has 2 aromatic rings. The highest BCUT2D eigenvalue weighted by Crippen LogP contribution is 2.37. The molecular weight excluding hydrogens is 234 g/mol. The Hall–Kier alpha value is -1.28. The molecule has 0 aliphatic heterocycles. The smallest absolute Gasteiger partial charge is 0.258 e. The standard InChI is InChI=1S/C14H14ClNO/c1-14(6-2-7-14)16-8-5-10-3-4-11(15)9-12(10)13(16)17/h3-5,8-9H,2,6-7H2,1H3. The first-order valence-corrected chi connectivity index (χ1v) is 6.29. The molecule has 0 unspecified atom stereocenters. The van der Waals surface area contributed by atoms with E-state index in [1.54, 1.807) is 6.07 Å². The van der Waals surface area contributed by atoms with Gasteiger partial charge in [0, 0.05) is 22.1 Å². The fourth-order valence-electron chi connectivity index (χ4n) is 2.57. The van der Waals surface area contributed by atoms with Crippen LogP contribution in [0.2, 0.25) is 5.02 Å². The summed E-state index contributed by atoms with van der Waals surface area (Å²) >= 11 is 5.96. The third-order valence-corrected chi connectivity index (χ3v) is 4.12. The Morgan fingerprint density at radius 1 is 1.29 bits per heavy atom. The van der Waals surface area contributed by atoms with E-state index in [1.165, 1.54) is 6.42 Å². The Bertz CT molecular complexity index is 640. The highest BCUT2D eigenvalue weighted by molar-refractivity contribution is 6.31. The highest BCUT2D eigenvalue weighted by Gasteiger charge is 2.34. The van der Waals surface area contributed by atoms with Crippen LogP contribution in [0.1, 0.15) is 26.2 Å². The molecule has 0 bridgehead atoms. The lowest BCUT2D eigenvalue weighted by Crippen LogP contribution is -2.43. The van der Waals surface area contributed by atoms with Crippen molar-refractivity contribution in [2.24, 2.45) is 0 Å². The summed E-state index contributed by atoms with van der Waals surface area (Å²) in [5, 5.41) is 2.29. The summed E-state index contributed by atoms with van der Waals surface area (Å²) in [6, 6.07) is 7.47. The third kappa shape index (κ3) is 1.59. The maximum atomic E-state index is 12.4. The van der Waals surface area contributed by atoms with Gasteiger partial charge in [0.25, 0.3) is 5.56 Å². The topological polar surface area (TPSA) is 22.0 Å². The van der Waals surface area contributed by atoms with Crippen molar-refractivity contribution in [1.29, 1.82) is 0 Å². The second-order valence-electron chi connectivity index (χ2n) is 5.07. The number of benzene rings is 1. The van der Waals surface area contributed by atoms with Crippen molar-refractivity contribution in [2.75, 3.05) is 0 Å². The number of hydrogen-bond donors (Lipinski definition) is 0. The first-order chi connectivity index (χ1) is 8.10. The summed E-state index contributed by atoms with van der Waals surface area (Å²) in [7, 11) is 0. The molecule has 1 aliphatic carbocycles. The molecule has 1 aromatic heterocycles. The zero-order chi connectivity index (χ0) is 12.0. The van der Waals surface area contributed by atoms with E-state index in [9.17, 15) is 4.79 Å². The van der Waals surface area contributed by atoms with E-state index < -0.39 is 0 Å². The molecule has 17 heavy (non-hydrogen) atoms. The highest BCUT2D eigenvalue weighted by atomic mass is 35.5. The van der Waals surface area contributed by atoms with Crippen molar-refractivity contribution in [3.8, 4) is 0 Å². The van der Waals surface area contributed by atoms with Gasteiger partial charge in [-0.3, -0.25) is 4.79 Å². The lowest BCUT2D eigenvalue weighted by Gasteiger charge is -2.40. The molecule has 1 aromatic carbocycles. The van der Waals surface area contributed by atoms with E-state index in [1.807, 2.05) is 29.0 Å². The summed E-state index contributed by atoms with van der Waals surface area (Å²) in [4.78, 5) is 12.4. The second-order valence-corrected chi connectivity index (χ2v) is 5.51. The van der Waals surface area contributed by atoms with Gasteiger partial charge < -0.3 is 4.57 Å². The minimum absolute atomic E-state index is 0.00753. The van der Waals surface area contributed by atoms with Crippen molar-refractivity contribution >= 4 is 22.4 Å². The van der Waals surface area contributed by atoms with Gasteiger partial charge in [-0.15, -0.1) is 0 Å². The van der Waals surface area contributed by atoms with Crippen LogP contribution >= 0.6 is 11.6 Å². The number of rotatable bonds is 1. The molecule has 3 rings (SSSR count). The van der Waals surface area contributed by atoms with E-state index >= 15 is 0 Å². The number of fused-ring (bicyclic) bond motifs is 1. The molecule has 1 saturated carbocycles. The average Bonchev–Trinajstić information content (AvgIpc) is 2.27. The Labute approximate surface area is 105 Å². The minimum atomic E-state index is 0.00753. The molecule has 0 amide bonds. The molecule has 0 saturated heterocycles. The van der Waals surface area contributed by atoms with Crippen LogP contribution in [0.25, 0.3) is 10.8 Å². The molecule has 0 N–H and O–H groups in total. The fraction of sp³-hybridized carbons (Fsp3) is 0.357. The Morgan fingerprint density at radius 3 is 2.71 bits per heavy atom. The lowest BCUT2D eigenvalue weighted by atomic mass is 9.78.